The summed E-state index contributed by atoms with van der Waals surface area (Å²) in [6.45, 7) is 0.0314. The van der Waals surface area contributed by atoms with E-state index in [2.05, 4.69) is 17.1 Å². The summed E-state index contributed by atoms with van der Waals surface area (Å²) < 4.78 is 0. The molecular weight excluding hydrogens is 145 g/mol. The van der Waals surface area contributed by atoms with E-state index in [1.165, 1.54) is 0 Å². The van der Waals surface area contributed by atoms with Crippen molar-refractivity contribution >= 4 is 25.1 Å². The van der Waals surface area contributed by atoms with E-state index in [1.54, 1.807) is 0 Å². The molecule has 48 valence electrons. The van der Waals surface area contributed by atoms with Gasteiger partial charge in [-0.15, -0.1) is 11.8 Å². The van der Waals surface area contributed by atoms with Gasteiger partial charge in [0.1, 0.15) is 0 Å². The first-order valence-electron chi connectivity index (χ1n) is 2.13. The van der Waals surface area contributed by atoms with Crippen molar-refractivity contribution in [1.29, 1.82) is 0 Å². The van der Waals surface area contributed by atoms with Crippen LogP contribution in [0.2, 0.25) is 0 Å². The molecule has 0 rings (SSSR count). The standard InChI is InChI=1S/C3H8NO2PS/c5-3(6)1-4-2-7-8/h4H,1-2,7H2,(H,5,6). The van der Waals surface area contributed by atoms with Crippen LogP contribution in [0.15, 0.2) is 0 Å². The van der Waals surface area contributed by atoms with Gasteiger partial charge >= 0.3 is 5.97 Å². The smallest absolute Gasteiger partial charge is 0.317 e. The van der Waals surface area contributed by atoms with Crippen molar-refractivity contribution in [3.05, 3.63) is 0 Å². The summed E-state index contributed by atoms with van der Waals surface area (Å²) in [4.78, 5) is 9.79. The van der Waals surface area contributed by atoms with Crippen molar-refractivity contribution in [2.45, 2.75) is 0 Å². The lowest BCUT2D eigenvalue weighted by molar-refractivity contribution is -0.135. The zero-order valence-electron chi connectivity index (χ0n) is 4.26. The van der Waals surface area contributed by atoms with E-state index in [0.29, 0.717) is 6.29 Å². The van der Waals surface area contributed by atoms with E-state index in [-0.39, 0.29) is 13.9 Å². The molecule has 3 nitrogen and oxygen atoms in total. The highest BCUT2D eigenvalue weighted by Gasteiger charge is 1.89. The zero-order chi connectivity index (χ0) is 6.41. The molecule has 0 heterocycles. The molecule has 0 aliphatic carbocycles. The van der Waals surface area contributed by atoms with Crippen LogP contribution in [0.25, 0.3) is 0 Å². The quantitative estimate of drug-likeness (QED) is 0.422. The predicted octanol–water partition coefficient (Wildman–Crippen LogP) is -0.509. The zero-order valence-corrected chi connectivity index (χ0v) is 6.23. The van der Waals surface area contributed by atoms with Crippen LogP contribution in [0.3, 0.4) is 0 Å². The largest absolute Gasteiger partial charge is 0.480 e. The summed E-state index contributed by atoms with van der Waals surface area (Å²) in [6.07, 6.45) is 0.682. The molecule has 0 fully saturated rings. The predicted molar refractivity (Wildman–Crippen MR) is 37.6 cm³/mol. The number of rotatable bonds is 4. The fraction of sp³-hybridized carbons (Fsp3) is 0.667. The van der Waals surface area contributed by atoms with Crippen LogP contribution in [0.4, 0.5) is 0 Å². The molecule has 8 heavy (non-hydrogen) atoms. The Morgan fingerprint density at radius 3 is 2.88 bits per heavy atom. The molecule has 0 spiro atoms. The number of hydrogen-bond acceptors (Lipinski definition) is 3. The number of nitrogens with one attached hydrogen (secondary N) is 1. The van der Waals surface area contributed by atoms with Gasteiger partial charge in [0.05, 0.1) is 6.54 Å². The molecule has 0 aromatic carbocycles. The van der Waals surface area contributed by atoms with Gasteiger partial charge in [-0.05, 0) is 0 Å². The fourth-order valence-electron chi connectivity index (χ4n) is 0.238. The highest BCUT2D eigenvalue weighted by Crippen LogP contribution is 1.82. The van der Waals surface area contributed by atoms with Crippen molar-refractivity contribution in [2.24, 2.45) is 0 Å². The SMILES string of the molecule is O=C(O)CNC[PH2]=S. The molecule has 0 bridgehead atoms. The van der Waals surface area contributed by atoms with Crippen LogP contribution in [-0.2, 0) is 16.6 Å². The average molecular weight is 153 g/mol. The van der Waals surface area contributed by atoms with E-state index >= 15 is 0 Å². The second-order valence-corrected chi connectivity index (χ2v) is 2.93. The maximum atomic E-state index is 9.79. The summed E-state index contributed by atoms with van der Waals surface area (Å²) in [5.74, 6) is -0.826. The fourth-order valence-corrected chi connectivity index (χ4v) is 0.854. The third-order valence-electron chi connectivity index (χ3n) is 0.504. The minimum absolute atomic E-state index is 0.0269. The van der Waals surface area contributed by atoms with E-state index in [9.17, 15) is 4.79 Å². The molecule has 1 unspecified atom stereocenters. The number of aliphatic carboxylic acids is 1. The molecule has 0 aliphatic heterocycles. The Balaban J connectivity index is 2.93. The lowest BCUT2D eigenvalue weighted by Gasteiger charge is -1.91. The topological polar surface area (TPSA) is 49.3 Å². The third kappa shape index (κ3) is 6.08. The van der Waals surface area contributed by atoms with Gasteiger partial charge in [-0.1, -0.05) is 7.36 Å². The molecule has 0 aromatic heterocycles. The summed E-state index contributed by atoms with van der Waals surface area (Å²) >= 11 is 4.63. The van der Waals surface area contributed by atoms with Gasteiger partial charge in [0.15, 0.2) is 0 Å². The molecule has 0 saturated heterocycles. The van der Waals surface area contributed by atoms with Crippen LogP contribution in [-0.4, -0.2) is 23.9 Å². The summed E-state index contributed by atoms with van der Waals surface area (Å²) in [5, 5.41) is 10.7. The highest BCUT2D eigenvalue weighted by atomic mass is 32.4. The molecule has 0 amide bonds. The van der Waals surface area contributed by atoms with Gasteiger partial charge in [-0.2, -0.15) is 0 Å². The first-order valence-corrected chi connectivity index (χ1v) is 4.83. The monoisotopic (exact) mass is 153 g/mol. The van der Waals surface area contributed by atoms with E-state index < -0.39 is 5.97 Å². The molecular formula is C3H8NO2PS. The van der Waals surface area contributed by atoms with Crippen LogP contribution in [0.1, 0.15) is 0 Å². The van der Waals surface area contributed by atoms with Gasteiger partial charge < -0.3 is 10.4 Å². The lowest BCUT2D eigenvalue weighted by atomic mass is 10.7. The highest BCUT2D eigenvalue weighted by molar-refractivity contribution is 7.96. The second kappa shape index (κ2) is 5.22. The Hall–Kier alpha value is 0.0800. The lowest BCUT2D eigenvalue weighted by Crippen LogP contribution is -2.20. The van der Waals surface area contributed by atoms with Crippen molar-refractivity contribution in [1.82, 2.24) is 5.32 Å². The Morgan fingerprint density at radius 1 is 1.88 bits per heavy atom. The van der Waals surface area contributed by atoms with Gasteiger partial charge in [-0.25, -0.2) is 0 Å². The van der Waals surface area contributed by atoms with Gasteiger partial charge in [0.25, 0.3) is 0 Å². The van der Waals surface area contributed by atoms with Crippen LogP contribution in [0.5, 0.6) is 0 Å². The Morgan fingerprint density at radius 2 is 2.50 bits per heavy atom. The number of carboxylic acid groups (broad SMARTS) is 1. The van der Waals surface area contributed by atoms with E-state index in [1.807, 2.05) is 0 Å². The van der Waals surface area contributed by atoms with E-state index in [4.69, 9.17) is 5.11 Å². The molecule has 1 atom stereocenters. The first-order chi connectivity index (χ1) is 3.77. The molecule has 0 aliphatic rings. The van der Waals surface area contributed by atoms with E-state index in [0.717, 1.165) is 0 Å². The van der Waals surface area contributed by atoms with Crippen LogP contribution >= 0.6 is 7.36 Å². The average Bonchev–Trinajstić information content (AvgIpc) is 1.66. The maximum absolute atomic E-state index is 9.79. The van der Waals surface area contributed by atoms with Crippen molar-refractivity contribution in [3.8, 4) is 0 Å². The Labute approximate surface area is 53.9 Å². The van der Waals surface area contributed by atoms with Gasteiger partial charge in [0.2, 0.25) is 0 Å². The normalized spacial score (nSPS) is 10.5. The molecule has 2 N–H and O–H groups in total. The Bertz CT molecular complexity index is 97.3. The molecule has 0 radical (unpaired) electrons. The number of hydrogen-bond donors (Lipinski definition) is 2. The van der Waals surface area contributed by atoms with Crippen molar-refractivity contribution < 1.29 is 9.90 Å². The second-order valence-electron chi connectivity index (χ2n) is 1.19. The molecule has 0 saturated carbocycles. The molecule has 0 aromatic rings. The van der Waals surface area contributed by atoms with Crippen LogP contribution < -0.4 is 5.32 Å². The number of carboxylic acids is 1. The van der Waals surface area contributed by atoms with Crippen molar-refractivity contribution in [3.63, 3.8) is 0 Å². The van der Waals surface area contributed by atoms with Crippen molar-refractivity contribution in [2.75, 3.05) is 12.8 Å². The van der Waals surface area contributed by atoms with Gasteiger partial charge in [0, 0.05) is 6.29 Å². The first kappa shape index (κ1) is 8.08. The number of carbonyl (C=O) groups is 1. The van der Waals surface area contributed by atoms with Crippen LogP contribution in [0, 0.1) is 0 Å². The molecule has 5 heteroatoms. The minimum Gasteiger partial charge on any atom is -0.480 e. The minimum atomic E-state index is -0.826. The summed E-state index contributed by atoms with van der Waals surface area (Å²) in [5.41, 5.74) is 0. The third-order valence-corrected chi connectivity index (χ3v) is 1.46. The Kier molecular flexibility index (Phi) is 5.27. The summed E-state index contributed by atoms with van der Waals surface area (Å²) in [6, 6.07) is 0. The maximum Gasteiger partial charge on any atom is 0.317 e. The summed E-state index contributed by atoms with van der Waals surface area (Å²) in [7, 11) is -0.0269. The van der Waals surface area contributed by atoms with Gasteiger partial charge in [-0.3, -0.25) is 4.79 Å².